The first-order valence-corrected chi connectivity index (χ1v) is 4.18. The predicted molar refractivity (Wildman–Crippen MR) is 48.6 cm³/mol. The number of rotatable bonds is 5. The summed E-state index contributed by atoms with van der Waals surface area (Å²) < 4.78 is 5.00. The molecule has 70 valence electrons. The lowest BCUT2D eigenvalue weighted by atomic mass is 10.2. The Kier molecular flexibility index (Phi) is 5.37. The highest BCUT2D eigenvalue weighted by Crippen LogP contribution is 2.00. The summed E-state index contributed by atoms with van der Waals surface area (Å²) in [5, 5.41) is 0. The van der Waals surface area contributed by atoms with Crippen LogP contribution in [0.5, 0.6) is 0 Å². The molecule has 0 amide bonds. The third-order valence-electron chi connectivity index (χ3n) is 1.62. The summed E-state index contributed by atoms with van der Waals surface area (Å²) in [5.41, 5.74) is 5.48. The topological polar surface area (TPSA) is 52.3 Å². The van der Waals surface area contributed by atoms with E-state index in [2.05, 4.69) is 6.58 Å². The van der Waals surface area contributed by atoms with E-state index in [1.54, 1.807) is 6.08 Å². The van der Waals surface area contributed by atoms with E-state index in [0.29, 0.717) is 6.42 Å². The lowest BCUT2D eigenvalue weighted by molar-refractivity contribution is -0.149. The van der Waals surface area contributed by atoms with Gasteiger partial charge in [0, 0.05) is 0 Å². The van der Waals surface area contributed by atoms with E-state index in [-0.39, 0.29) is 12.1 Å². The molecule has 0 saturated heterocycles. The van der Waals surface area contributed by atoms with Crippen LogP contribution in [0.25, 0.3) is 0 Å². The predicted octanol–water partition coefficient (Wildman–Crippen LogP) is 1.23. The zero-order chi connectivity index (χ0) is 9.56. The van der Waals surface area contributed by atoms with Crippen LogP contribution in [0.15, 0.2) is 12.7 Å². The van der Waals surface area contributed by atoms with Gasteiger partial charge in [0.25, 0.3) is 0 Å². The number of nitrogens with two attached hydrogens (primary N) is 1. The maximum Gasteiger partial charge on any atom is 0.323 e. The molecule has 0 aromatic rings. The van der Waals surface area contributed by atoms with E-state index in [9.17, 15) is 4.79 Å². The molecule has 0 aliphatic rings. The molecule has 0 rings (SSSR count). The molecule has 0 aromatic heterocycles. The molecule has 12 heavy (non-hydrogen) atoms. The highest BCUT2D eigenvalue weighted by atomic mass is 16.5. The van der Waals surface area contributed by atoms with Crippen molar-refractivity contribution in [2.24, 2.45) is 5.73 Å². The van der Waals surface area contributed by atoms with Crippen LogP contribution in [0.1, 0.15) is 26.7 Å². The van der Waals surface area contributed by atoms with Crippen LogP contribution < -0.4 is 5.73 Å². The van der Waals surface area contributed by atoms with Crippen LogP contribution >= 0.6 is 0 Å². The fourth-order valence-corrected chi connectivity index (χ4v) is 0.645. The first kappa shape index (κ1) is 11.2. The van der Waals surface area contributed by atoms with Gasteiger partial charge in [-0.1, -0.05) is 13.0 Å². The third-order valence-corrected chi connectivity index (χ3v) is 1.62. The van der Waals surface area contributed by atoms with Crippen molar-refractivity contribution < 1.29 is 9.53 Å². The van der Waals surface area contributed by atoms with Crippen LogP contribution in [-0.2, 0) is 9.53 Å². The molecule has 3 nitrogen and oxygen atoms in total. The van der Waals surface area contributed by atoms with E-state index in [1.165, 1.54) is 0 Å². The summed E-state index contributed by atoms with van der Waals surface area (Å²) >= 11 is 0. The molecule has 0 fully saturated rings. The fourth-order valence-electron chi connectivity index (χ4n) is 0.645. The van der Waals surface area contributed by atoms with Gasteiger partial charge in [-0.2, -0.15) is 0 Å². The Hall–Kier alpha value is -0.830. The van der Waals surface area contributed by atoms with Crippen molar-refractivity contribution in [1.29, 1.82) is 0 Å². The highest BCUT2D eigenvalue weighted by Gasteiger charge is 2.15. The van der Waals surface area contributed by atoms with E-state index < -0.39 is 6.04 Å². The van der Waals surface area contributed by atoms with Gasteiger partial charge in [-0.3, -0.25) is 4.79 Å². The Morgan fingerprint density at radius 3 is 2.75 bits per heavy atom. The number of hydrogen-bond donors (Lipinski definition) is 1. The van der Waals surface area contributed by atoms with Crippen molar-refractivity contribution in [3.05, 3.63) is 12.7 Å². The van der Waals surface area contributed by atoms with Gasteiger partial charge in [-0.05, 0) is 19.8 Å². The number of hydrogen-bond acceptors (Lipinski definition) is 3. The van der Waals surface area contributed by atoms with Gasteiger partial charge in [-0.25, -0.2) is 0 Å². The molecule has 0 bridgehead atoms. The molecular weight excluding hydrogens is 154 g/mol. The lowest BCUT2D eigenvalue weighted by Gasteiger charge is -2.13. The molecular formula is C9H17NO2. The largest absolute Gasteiger partial charge is 0.462 e. The second kappa shape index (κ2) is 5.77. The van der Waals surface area contributed by atoms with Crippen molar-refractivity contribution in [1.82, 2.24) is 0 Å². The average molecular weight is 171 g/mol. The minimum absolute atomic E-state index is 0.0478. The van der Waals surface area contributed by atoms with Gasteiger partial charge in [0.05, 0.1) is 6.10 Å². The van der Waals surface area contributed by atoms with Crippen molar-refractivity contribution in [3.8, 4) is 0 Å². The van der Waals surface area contributed by atoms with E-state index in [4.69, 9.17) is 10.5 Å². The van der Waals surface area contributed by atoms with Crippen molar-refractivity contribution >= 4 is 5.97 Å². The molecule has 0 aliphatic carbocycles. The molecule has 0 radical (unpaired) electrons. The Bertz CT molecular complexity index is 157. The standard InChI is InChI=1S/C9H17NO2/c1-4-6-8(10)9(11)12-7(3)5-2/h4,7-8H,1,5-6,10H2,2-3H3. The maximum absolute atomic E-state index is 11.1. The molecule has 0 aromatic carbocycles. The maximum atomic E-state index is 11.1. The molecule has 0 heterocycles. The first-order valence-electron chi connectivity index (χ1n) is 4.18. The molecule has 2 unspecified atom stereocenters. The molecule has 0 aliphatic heterocycles. The first-order chi connectivity index (χ1) is 5.61. The minimum atomic E-state index is -0.559. The second-order valence-electron chi connectivity index (χ2n) is 2.79. The average Bonchev–Trinajstić information content (AvgIpc) is 2.04. The summed E-state index contributed by atoms with van der Waals surface area (Å²) in [6, 6.07) is -0.559. The zero-order valence-electron chi connectivity index (χ0n) is 7.75. The summed E-state index contributed by atoms with van der Waals surface area (Å²) in [5.74, 6) is -0.343. The van der Waals surface area contributed by atoms with Gasteiger partial charge >= 0.3 is 5.97 Å². The summed E-state index contributed by atoms with van der Waals surface area (Å²) in [6.07, 6.45) is 2.85. The van der Waals surface area contributed by atoms with E-state index in [1.807, 2.05) is 13.8 Å². The van der Waals surface area contributed by atoms with E-state index in [0.717, 1.165) is 6.42 Å². The normalized spacial score (nSPS) is 14.9. The van der Waals surface area contributed by atoms with Crippen LogP contribution in [0.2, 0.25) is 0 Å². The van der Waals surface area contributed by atoms with E-state index >= 15 is 0 Å². The Labute approximate surface area is 73.6 Å². The summed E-state index contributed by atoms with van der Waals surface area (Å²) in [7, 11) is 0. The summed E-state index contributed by atoms with van der Waals surface area (Å²) in [4.78, 5) is 11.1. The molecule has 3 heteroatoms. The summed E-state index contributed by atoms with van der Waals surface area (Å²) in [6.45, 7) is 7.30. The van der Waals surface area contributed by atoms with Crippen molar-refractivity contribution in [2.45, 2.75) is 38.8 Å². The van der Waals surface area contributed by atoms with Gasteiger partial charge in [0.15, 0.2) is 0 Å². The zero-order valence-corrected chi connectivity index (χ0v) is 7.75. The third kappa shape index (κ3) is 4.13. The van der Waals surface area contributed by atoms with Crippen LogP contribution in [0.3, 0.4) is 0 Å². The highest BCUT2D eigenvalue weighted by molar-refractivity contribution is 5.75. The number of carbonyl (C=O) groups is 1. The van der Waals surface area contributed by atoms with Crippen molar-refractivity contribution in [3.63, 3.8) is 0 Å². The smallest absolute Gasteiger partial charge is 0.323 e. The molecule has 0 saturated carbocycles. The molecule has 2 N–H and O–H groups in total. The van der Waals surface area contributed by atoms with Gasteiger partial charge in [0.1, 0.15) is 6.04 Å². The number of ether oxygens (including phenoxy) is 1. The van der Waals surface area contributed by atoms with Crippen LogP contribution in [-0.4, -0.2) is 18.1 Å². The monoisotopic (exact) mass is 171 g/mol. The Balaban J connectivity index is 3.77. The SMILES string of the molecule is C=CCC(N)C(=O)OC(C)CC. The van der Waals surface area contributed by atoms with Crippen LogP contribution in [0, 0.1) is 0 Å². The minimum Gasteiger partial charge on any atom is -0.462 e. The second-order valence-corrected chi connectivity index (χ2v) is 2.79. The molecule has 0 spiro atoms. The number of esters is 1. The van der Waals surface area contributed by atoms with Crippen LogP contribution in [0.4, 0.5) is 0 Å². The van der Waals surface area contributed by atoms with Gasteiger partial charge in [-0.15, -0.1) is 6.58 Å². The Morgan fingerprint density at radius 2 is 2.33 bits per heavy atom. The quantitative estimate of drug-likeness (QED) is 0.500. The fraction of sp³-hybridized carbons (Fsp3) is 0.667. The lowest BCUT2D eigenvalue weighted by Crippen LogP contribution is -2.33. The Morgan fingerprint density at radius 1 is 1.75 bits per heavy atom. The number of carbonyl (C=O) groups excluding carboxylic acids is 1. The van der Waals surface area contributed by atoms with Gasteiger partial charge in [0.2, 0.25) is 0 Å². The van der Waals surface area contributed by atoms with Crippen molar-refractivity contribution in [2.75, 3.05) is 0 Å². The van der Waals surface area contributed by atoms with Gasteiger partial charge < -0.3 is 10.5 Å². The molecule has 2 atom stereocenters.